The Bertz CT molecular complexity index is 1710. The Hall–Kier alpha value is -5.51. The zero-order valence-electron chi connectivity index (χ0n) is 27.2. The predicted octanol–water partition coefficient (Wildman–Crippen LogP) is -2.68. The van der Waals surface area contributed by atoms with Crippen molar-refractivity contribution in [2.75, 3.05) is 13.1 Å². The third-order valence-electron chi connectivity index (χ3n) is 7.86. The van der Waals surface area contributed by atoms with E-state index in [1.54, 1.807) is 12.1 Å². The van der Waals surface area contributed by atoms with E-state index in [-0.39, 0.29) is 43.9 Å². The van der Waals surface area contributed by atoms with Gasteiger partial charge in [-0.3, -0.25) is 29.0 Å². The van der Waals surface area contributed by atoms with Crippen LogP contribution in [0.15, 0.2) is 71.7 Å². The zero-order chi connectivity index (χ0) is 36.0. The van der Waals surface area contributed by atoms with E-state index in [1.807, 2.05) is 42.5 Å². The molecule has 1 saturated heterocycles. The Morgan fingerprint density at radius 3 is 2.16 bits per heavy atom. The lowest BCUT2D eigenvalue weighted by Crippen LogP contribution is -2.61. The van der Waals surface area contributed by atoms with Gasteiger partial charge in [-0.1, -0.05) is 54.6 Å². The summed E-state index contributed by atoms with van der Waals surface area (Å²) in [4.78, 5) is 71.6. The van der Waals surface area contributed by atoms with Gasteiger partial charge in [-0.2, -0.15) is 0 Å². The molecule has 4 rings (SSSR count). The summed E-state index contributed by atoms with van der Waals surface area (Å²) >= 11 is 0. The molecule has 0 aliphatic carbocycles. The highest BCUT2D eigenvalue weighted by Gasteiger charge is 2.32. The molecule has 0 unspecified atom stereocenters. The molecule has 5 amide bonds. The molecule has 1 aliphatic heterocycles. The van der Waals surface area contributed by atoms with Crippen LogP contribution in [0.5, 0.6) is 5.75 Å². The number of benzene rings is 3. The van der Waals surface area contributed by atoms with Gasteiger partial charge in [0.1, 0.15) is 31.2 Å². The molecule has 15 nitrogen and oxygen atoms in total. The molecule has 3 aromatic rings. The standard InChI is InChI=1S/C32H38B3N9O6/c33-35-44-34-27-31(50)41-23(6-3-13-38-32(36)37)29(48)42-24(16-19-7-10-20-4-1-2-5-21(20)14-19)28(47)39-17-26(46)40-25(30(49)43-27)15-18-8-11-22(45)12-9-18/h1-2,4-5,7-12,14,23-25,27,44-45H,3,6,13,15-17H2,(H,39,47)(H,40,46)(H,41,50)(H,42,48)(H,43,49)(H4,36,37,38)/t23-,24-,25+,27-/m0/s1. The van der Waals surface area contributed by atoms with E-state index >= 15 is 0 Å². The number of aromatic hydroxyl groups is 1. The van der Waals surface area contributed by atoms with Crippen LogP contribution in [0.4, 0.5) is 0 Å². The highest BCUT2D eigenvalue weighted by molar-refractivity contribution is 6.91. The fourth-order valence-electron chi connectivity index (χ4n) is 5.32. The molecule has 0 saturated carbocycles. The molecule has 0 aromatic heterocycles. The van der Waals surface area contributed by atoms with Gasteiger partial charge in [-0.05, 0) is 46.9 Å². The number of amides is 5. The van der Waals surface area contributed by atoms with E-state index in [4.69, 9.17) is 19.2 Å². The number of aliphatic imine (C=N–C) groups is 1. The van der Waals surface area contributed by atoms with Gasteiger partial charge in [0.2, 0.25) is 37.0 Å². The molecule has 50 heavy (non-hydrogen) atoms. The molecule has 1 fully saturated rings. The SMILES string of the molecule is [B][B]N[B][C@H]1NC(=O)[C@@H](Cc2ccc(O)cc2)NC(=O)CNC(=O)[C@H](Cc2ccc3ccccc3c2)NC(=O)[C@H](CCCN=C(N)N)NC1=O. The summed E-state index contributed by atoms with van der Waals surface area (Å²) in [5.74, 6) is -5.06. The number of phenols is 1. The number of nitrogens with zero attached hydrogens (tertiary/aromatic N) is 1. The molecule has 0 spiro atoms. The van der Waals surface area contributed by atoms with Crippen LogP contribution in [0.1, 0.15) is 24.0 Å². The van der Waals surface area contributed by atoms with Crippen molar-refractivity contribution in [3.8, 4) is 5.75 Å². The van der Waals surface area contributed by atoms with Crippen LogP contribution in [-0.2, 0) is 36.8 Å². The lowest BCUT2D eigenvalue weighted by Gasteiger charge is -2.26. The second-order valence-corrected chi connectivity index (χ2v) is 11.7. The van der Waals surface area contributed by atoms with Crippen molar-refractivity contribution in [1.82, 2.24) is 31.7 Å². The molecule has 4 atom stereocenters. The third-order valence-corrected chi connectivity index (χ3v) is 7.86. The third kappa shape index (κ3) is 11.3. The summed E-state index contributed by atoms with van der Waals surface area (Å²) < 4.78 is 0. The van der Waals surface area contributed by atoms with Gasteiger partial charge in [-0.15, -0.1) is 0 Å². The van der Waals surface area contributed by atoms with Gasteiger partial charge in [0, 0.05) is 27.1 Å². The minimum Gasteiger partial charge on any atom is -0.508 e. The molecule has 1 aliphatic rings. The minimum absolute atomic E-state index is 0.0109. The normalized spacial score (nSPS) is 20.5. The Balaban J connectivity index is 1.66. The molecule has 18 heteroatoms. The highest BCUT2D eigenvalue weighted by Crippen LogP contribution is 2.17. The molecule has 3 aromatic carbocycles. The number of nitrogens with two attached hydrogens (primary N) is 2. The number of hydrogen-bond acceptors (Lipinski definition) is 8. The molecule has 256 valence electrons. The molecule has 1 heterocycles. The second-order valence-electron chi connectivity index (χ2n) is 11.7. The first-order valence-electron chi connectivity index (χ1n) is 15.9. The summed E-state index contributed by atoms with van der Waals surface area (Å²) in [5.41, 5.74) is 12.2. The fourth-order valence-corrected chi connectivity index (χ4v) is 5.32. The van der Waals surface area contributed by atoms with Crippen molar-refractivity contribution in [3.05, 3.63) is 77.9 Å². The van der Waals surface area contributed by atoms with Gasteiger partial charge in [-0.25, -0.2) is 0 Å². The first-order valence-corrected chi connectivity index (χ1v) is 15.9. The van der Waals surface area contributed by atoms with Crippen LogP contribution in [0.25, 0.3) is 10.8 Å². The van der Waals surface area contributed by atoms with Crippen LogP contribution < -0.4 is 43.2 Å². The van der Waals surface area contributed by atoms with E-state index in [0.29, 0.717) is 5.56 Å². The van der Waals surface area contributed by atoms with Crippen molar-refractivity contribution in [2.45, 2.75) is 49.8 Å². The summed E-state index contributed by atoms with van der Waals surface area (Å²) in [6.45, 7) is -0.355. The number of fused-ring (bicyclic) bond motifs is 1. The van der Waals surface area contributed by atoms with Crippen molar-refractivity contribution in [2.24, 2.45) is 16.5 Å². The maximum Gasteiger partial charge on any atom is 0.243 e. The quantitative estimate of drug-likeness (QED) is 0.0444. The number of carbonyl (C=O) groups excluding carboxylic acids is 5. The first kappa shape index (κ1) is 37.3. The van der Waals surface area contributed by atoms with E-state index in [2.05, 4.69) is 36.7 Å². The van der Waals surface area contributed by atoms with Gasteiger partial charge in [0.05, 0.1) is 12.5 Å². The van der Waals surface area contributed by atoms with Crippen LogP contribution in [0.2, 0.25) is 0 Å². The van der Waals surface area contributed by atoms with Crippen molar-refractivity contribution in [3.63, 3.8) is 0 Å². The average Bonchev–Trinajstić information content (AvgIpc) is 3.09. The van der Waals surface area contributed by atoms with Crippen molar-refractivity contribution < 1.29 is 29.1 Å². The van der Waals surface area contributed by atoms with E-state index in [1.165, 1.54) is 19.5 Å². The number of phenolic OH excluding ortho intramolecular Hbond substituents is 1. The van der Waals surface area contributed by atoms with Crippen LogP contribution in [0, 0.1) is 0 Å². The summed E-state index contributed by atoms with van der Waals surface area (Å²) in [6.07, 6.45) is 0.392. The second kappa shape index (κ2) is 18.3. The maximum absolute atomic E-state index is 13.8. The lowest BCUT2D eigenvalue weighted by molar-refractivity contribution is -0.133. The summed E-state index contributed by atoms with van der Waals surface area (Å²) in [7, 11) is 7.71. The monoisotopic (exact) mass is 677 g/mol. The number of carbonyl (C=O) groups is 5. The molecule has 11 N–H and O–H groups in total. The maximum atomic E-state index is 13.8. The van der Waals surface area contributed by atoms with E-state index < -0.39 is 60.1 Å². The van der Waals surface area contributed by atoms with E-state index in [9.17, 15) is 29.1 Å². The summed E-state index contributed by atoms with van der Waals surface area (Å²) in [5, 5.41) is 27.3. The van der Waals surface area contributed by atoms with Crippen molar-refractivity contribution in [1.29, 1.82) is 0 Å². The van der Waals surface area contributed by atoms with Gasteiger partial charge in [0.15, 0.2) is 5.96 Å². The average molecular weight is 677 g/mol. The predicted molar refractivity (Wildman–Crippen MR) is 191 cm³/mol. The summed E-state index contributed by atoms with van der Waals surface area (Å²) in [6, 6.07) is 15.8. The Morgan fingerprint density at radius 2 is 1.44 bits per heavy atom. The smallest absolute Gasteiger partial charge is 0.243 e. The Morgan fingerprint density at radius 1 is 0.800 bits per heavy atom. The van der Waals surface area contributed by atoms with Gasteiger partial charge >= 0.3 is 0 Å². The number of hydrogen-bond donors (Lipinski definition) is 9. The van der Waals surface area contributed by atoms with Gasteiger partial charge < -0.3 is 48.3 Å². The minimum atomic E-state index is -1.37. The van der Waals surface area contributed by atoms with Crippen molar-refractivity contribution >= 4 is 68.7 Å². The first-order chi connectivity index (χ1) is 24.0. The lowest BCUT2D eigenvalue weighted by atomic mass is 9.61. The molecular weight excluding hydrogens is 639 g/mol. The number of nitrogens with one attached hydrogen (secondary N) is 6. The van der Waals surface area contributed by atoms with Gasteiger partial charge in [0.25, 0.3) is 0 Å². The van der Waals surface area contributed by atoms with Crippen LogP contribution in [-0.4, -0.2) is 100 Å². The highest BCUT2D eigenvalue weighted by atomic mass is 16.3. The Labute approximate surface area is 292 Å². The fraction of sp³-hybridized carbons (Fsp3) is 0.312. The number of guanidine groups is 1. The Kier molecular flexibility index (Phi) is 13.7. The zero-order valence-corrected chi connectivity index (χ0v) is 27.2. The molecule has 4 radical (unpaired) electrons. The number of rotatable bonds is 11. The topological polar surface area (TPSA) is 242 Å². The van der Waals surface area contributed by atoms with E-state index in [0.717, 1.165) is 23.6 Å². The van der Waals surface area contributed by atoms with Crippen LogP contribution >= 0.6 is 0 Å². The largest absolute Gasteiger partial charge is 0.508 e. The van der Waals surface area contributed by atoms with Crippen LogP contribution in [0.3, 0.4) is 0 Å². The molecular formula is C32H38B3N9O6. The molecule has 0 bridgehead atoms.